The van der Waals surface area contributed by atoms with E-state index >= 15 is 0 Å². The summed E-state index contributed by atoms with van der Waals surface area (Å²) in [5, 5.41) is 9.82. The SMILES string of the molecule is CC[C@@H](O)c1ccc(N(CCCOC)CCOC)cc1. The van der Waals surface area contributed by atoms with Crippen molar-refractivity contribution in [2.24, 2.45) is 0 Å². The van der Waals surface area contributed by atoms with E-state index in [0.717, 1.165) is 43.8 Å². The highest BCUT2D eigenvalue weighted by molar-refractivity contribution is 5.47. The molecule has 0 heterocycles. The number of anilines is 1. The summed E-state index contributed by atoms with van der Waals surface area (Å²) in [5.41, 5.74) is 2.13. The first kappa shape index (κ1) is 17.0. The van der Waals surface area contributed by atoms with Crippen molar-refractivity contribution in [3.05, 3.63) is 29.8 Å². The zero-order valence-corrected chi connectivity index (χ0v) is 12.8. The number of methoxy groups -OCH3 is 2. The number of ether oxygens (including phenoxy) is 2. The van der Waals surface area contributed by atoms with Crippen LogP contribution in [-0.4, -0.2) is 45.6 Å². The minimum Gasteiger partial charge on any atom is -0.388 e. The van der Waals surface area contributed by atoms with Crippen molar-refractivity contribution in [3.8, 4) is 0 Å². The molecule has 1 aromatic rings. The summed E-state index contributed by atoms with van der Waals surface area (Å²) in [6, 6.07) is 8.13. The summed E-state index contributed by atoms with van der Waals surface area (Å²) in [7, 11) is 3.44. The molecule has 1 aromatic carbocycles. The first-order valence-electron chi connectivity index (χ1n) is 7.23. The van der Waals surface area contributed by atoms with Crippen LogP contribution < -0.4 is 4.90 Å². The van der Waals surface area contributed by atoms with Crippen molar-refractivity contribution in [2.45, 2.75) is 25.9 Å². The summed E-state index contributed by atoms with van der Waals surface area (Å²) < 4.78 is 10.3. The number of nitrogens with zero attached hydrogens (tertiary/aromatic N) is 1. The van der Waals surface area contributed by atoms with Crippen molar-refractivity contribution in [3.63, 3.8) is 0 Å². The highest BCUT2D eigenvalue weighted by Crippen LogP contribution is 2.21. The van der Waals surface area contributed by atoms with E-state index in [1.165, 1.54) is 0 Å². The van der Waals surface area contributed by atoms with E-state index in [-0.39, 0.29) is 6.10 Å². The van der Waals surface area contributed by atoms with Gasteiger partial charge in [-0.1, -0.05) is 19.1 Å². The monoisotopic (exact) mass is 281 g/mol. The molecule has 114 valence electrons. The summed E-state index contributed by atoms with van der Waals surface area (Å²) >= 11 is 0. The molecule has 0 fully saturated rings. The number of aliphatic hydroxyl groups excluding tert-OH is 1. The van der Waals surface area contributed by atoms with Gasteiger partial charge in [-0.2, -0.15) is 0 Å². The summed E-state index contributed by atoms with van der Waals surface area (Å²) in [6.45, 7) is 5.24. The van der Waals surface area contributed by atoms with Gasteiger partial charge < -0.3 is 19.5 Å². The van der Waals surface area contributed by atoms with Crippen LogP contribution in [0.5, 0.6) is 0 Å². The van der Waals surface area contributed by atoms with Crippen LogP contribution in [0.15, 0.2) is 24.3 Å². The fraction of sp³-hybridized carbons (Fsp3) is 0.625. The number of hydrogen-bond acceptors (Lipinski definition) is 4. The third kappa shape index (κ3) is 5.49. The number of rotatable bonds is 10. The molecule has 0 saturated carbocycles. The molecule has 0 aliphatic carbocycles. The lowest BCUT2D eigenvalue weighted by Gasteiger charge is -2.25. The third-order valence-electron chi connectivity index (χ3n) is 3.37. The van der Waals surface area contributed by atoms with Gasteiger partial charge in [-0.15, -0.1) is 0 Å². The molecule has 1 N–H and O–H groups in total. The van der Waals surface area contributed by atoms with Crippen LogP contribution in [0, 0.1) is 0 Å². The molecular weight excluding hydrogens is 254 g/mol. The molecule has 4 nitrogen and oxygen atoms in total. The van der Waals surface area contributed by atoms with E-state index in [2.05, 4.69) is 17.0 Å². The Hall–Kier alpha value is -1.10. The average Bonchev–Trinajstić information content (AvgIpc) is 2.50. The topological polar surface area (TPSA) is 41.9 Å². The molecule has 0 aliphatic rings. The van der Waals surface area contributed by atoms with Gasteiger partial charge in [-0.05, 0) is 30.5 Å². The van der Waals surface area contributed by atoms with E-state index in [0.29, 0.717) is 6.61 Å². The van der Waals surface area contributed by atoms with Gasteiger partial charge in [-0.25, -0.2) is 0 Å². The molecule has 20 heavy (non-hydrogen) atoms. The first-order chi connectivity index (χ1) is 9.72. The van der Waals surface area contributed by atoms with Gasteiger partial charge in [0.25, 0.3) is 0 Å². The van der Waals surface area contributed by atoms with Gasteiger partial charge in [0, 0.05) is 39.6 Å². The molecular formula is C16H27NO3. The molecule has 0 radical (unpaired) electrons. The molecule has 0 bridgehead atoms. The second kappa shape index (κ2) is 9.75. The van der Waals surface area contributed by atoms with Crippen molar-refractivity contribution >= 4 is 5.69 Å². The number of benzene rings is 1. The van der Waals surface area contributed by atoms with Gasteiger partial charge in [-0.3, -0.25) is 0 Å². The Morgan fingerprint density at radius 3 is 2.25 bits per heavy atom. The van der Waals surface area contributed by atoms with Crippen LogP contribution in [0.2, 0.25) is 0 Å². The molecule has 4 heteroatoms. The Kier molecular flexibility index (Phi) is 8.26. The maximum absolute atomic E-state index is 9.82. The normalized spacial score (nSPS) is 12.4. The quantitative estimate of drug-likeness (QED) is 0.669. The zero-order valence-electron chi connectivity index (χ0n) is 12.8. The van der Waals surface area contributed by atoms with Crippen LogP contribution in [0.1, 0.15) is 31.4 Å². The molecule has 1 atom stereocenters. The molecule has 0 amide bonds. The van der Waals surface area contributed by atoms with Crippen molar-refractivity contribution in [1.82, 2.24) is 0 Å². The van der Waals surface area contributed by atoms with E-state index in [1.54, 1.807) is 14.2 Å². The van der Waals surface area contributed by atoms with Crippen LogP contribution in [0.4, 0.5) is 5.69 Å². The maximum Gasteiger partial charge on any atom is 0.0787 e. The Morgan fingerprint density at radius 2 is 1.70 bits per heavy atom. The Morgan fingerprint density at radius 1 is 1.05 bits per heavy atom. The van der Waals surface area contributed by atoms with Gasteiger partial charge >= 0.3 is 0 Å². The molecule has 1 rings (SSSR count). The van der Waals surface area contributed by atoms with E-state index in [4.69, 9.17) is 9.47 Å². The van der Waals surface area contributed by atoms with Crippen LogP contribution >= 0.6 is 0 Å². The zero-order chi connectivity index (χ0) is 14.8. The third-order valence-corrected chi connectivity index (χ3v) is 3.37. The second-order valence-electron chi connectivity index (χ2n) is 4.84. The molecule has 0 aliphatic heterocycles. The Labute approximate surface area is 122 Å². The van der Waals surface area contributed by atoms with Gasteiger partial charge in [0.2, 0.25) is 0 Å². The lowest BCUT2D eigenvalue weighted by molar-refractivity contribution is 0.173. The van der Waals surface area contributed by atoms with Crippen molar-refractivity contribution in [1.29, 1.82) is 0 Å². The van der Waals surface area contributed by atoms with Crippen molar-refractivity contribution in [2.75, 3.05) is 45.4 Å². The summed E-state index contributed by atoms with van der Waals surface area (Å²) in [4.78, 5) is 2.28. The lowest BCUT2D eigenvalue weighted by atomic mass is 10.1. The largest absolute Gasteiger partial charge is 0.388 e. The van der Waals surface area contributed by atoms with E-state index in [9.17, 15) is 5.11 Å². The maximum atomic E-state index is 9.82. The van der Waals surface area contributed by atoms with Gasteiger partial charge in [0.15, 0.2) is 0 Å². The fourth-order valence-corrected chi connectivity index (χ4v) is 2.11. The predicted molar refractivity (Wildman–Crippen MR) is 82.3 cm³/mol. The highest BCUT2D eigenvalue weighted by Gasteiger charge is 2.08. The van der Waals surface area contributed by atoms with Crippen LogP contribution in [0.25, 0.3) is 0 Å². The smallest absolute Gasteiger partial charge is 0.0787 e. The fourth-order valence-electron chi connectivity index (χ4n) is 2.11. The molecule has 0 saturated heterocycles. The van der Waals surface area contributed by atoms with E-state index in [1.807, 2.05) is 19.1 Å². The standard InChI is InChI=1S/C16H27NO3/c1-4-16(18)14-6-8-15(9-7-14)17(11-13-20-3)10-5-12-19-2/h6-9,16,18H,4-5,10-13H2,1-3H3/t16-/m1/s1. The molecule has 0 unspecified atom stereocenters. The minimum atomic E-state index is -0.370. The number of aliphatic hydroxyl groups is 1. The predicted octanol–water partition coefficient (Wildman–Crippen LogP) is 2.62. The average molecular weight is 281 g/mol. The highest BCUT2D eigenvalue weighted by atomic mass is 16.5. The van der Waals surface area contributed by atoms with Gasteiger partial charge in [0.1, 0.15) is 0 Å². The van der Waals surface area contributed by atoms with Crippen LogP contribution in [0.3, 0.4) is 0 Å². The van der Waals surface area contributed by atoms with E-state index < -0.39 is 0 Å². The molecule has 0 spiro atoms. The first-order valence-corrected chi connectivity index (χ1v) is 7.23. The lowest BCUT2D eigenvalue weighted by Crippen LogP contribution is -2.29. The summed E-state index contributed by atoms with van der Waals surface area (Å²) in [5.74, 6) is 0. The Bertz CT molecular complexity index is 353. The van der Waals surface area contributed by atoms with Gasteiger partial charge in [0.05, 0.1) is 12.7 Å². The minimum absolute atomic E-state index is 0.370. The van der Waals surface area contributed by atoms with Crippen LogP contribution in [-0.2, 0) is 9.47 Å². The second-order valence-corrected chi connectivity index (χ2v) is 4.84. The summed E-state index contributed by atoms with van der Waals surface area (Å²) in [6.07, 6.45) is 1.35. The number of hydrogen-bond donors (Lipinski definition) is 1. The van der Waals surface area contributed by atoms with Crippen molar-refractivity contribution < 1.29 is 14.6 Å². The Balaban J connectivity index is 2.68. The molecule has 0 aromatic heterocycles.